The summed E-state index contributed by atoms with van der Waals surface area (Å²) in [5, 5.41) is 13.2. The second-order valence-electron chi connectivity index (χ2n) is 4.92. The summed E-state index contributed by atoms with van der Waals surface area (Å²) in [5.41, 5.74) is 1.86. The average Bonchev–Trinajstić information content (AvgIpc) is 2.97. The molecule has 2 aromatic rings. The highest BCUT2D eigenvalue weighted by atomic mass is 35.5. The number of pyridine rings is 1. The van der Waals surface area contributed by atoms with E-state index in [1.807, 2.05) is 18.2 Å². The Bertz CT molecular complexity index is 580. The maximum Gasteiger partial charge on any atom is 0.228 e. The van der Waals surface area contributed by atoms with Crippen molar-refractivity contribution in [3.8, 4) is 11.3 Å². The molecule has 21 heavy (non-hydrogen) atoms. The van der Waals surface area contributed by atoms with E-state index in [-0.39, 0.29) is 24.2 Å². The maximum atomic E-state index is 12.1. The molecule has 112 valence electrons. The molecule has 2 aromatic heterocycles. The zero-order valence-electron chi connectivity index (χ0n) is 11.5. The number of piperidine rings is 1. The molecular weight excluding hydrogens is 290 g/mol. The Morgan fingerprint density at radius 1 is 1.24 bits per heavy atom. The molecule has 3 heterocycles. The van der Waals surface area contributed by atoms with Crippen molar-refractivity contribution < 1.29 is 4.79 Å². The highest BCUT2D eigenvalue weighted by Gasteiger charge is 2.21. The highest BCUT2D eigenvalue weighted by molar-refractivity contribution is 5.92. The summed E-state index contributed by atoms with van der Waals surface area (Å²) in [5.74, 6) is 0.706. The van der Waals surface area contributed by atoms with Crippen molar-refractivity contribution in [1.29, 1.82) is 0 Å². The molecule has 0 spiro atoms. The van der Waals surface area contributed by atoms with Crippen molar-refractivity contribution >= 4 is 24.1 Å². The first-order chi connectivity index (χ1) is 9.83. The van der Waals surface area contributed by atoms with Gasteiger partial charge in [0.05, 0.1) is 5.69 Å². The molecule has 3 rings (SSSR count). The largest absolute Gasteiger partial charge is 0.317 e. The van der Waals surface area contributed by atoms with Gasteiger partial charge in [-0.05, 0) is 38.1 Å². The molecule has 0 aliphatic carbocycles. The van der Waals surface area contributed by atoms with E-state index in [0.29, 0.717) is 5.82 Å². The number of nitrogens with one attached hydrogen (secondary N) is 3. The Kier molecular flexibility index (Phi) is 5.30. The third-order valence-corrected chi connectivity index (χ3v) is 3.53. The molecule has 1 saturated heterocycles. The fourth-order valence-corrected chi connectivity index (χ4v) is 2.38. The molecule has 1 aliphatic rings. The van der Waals surface area contributed by atoms with Crippen LogP contribution < -0.4 is 10.6 Å². The number of rotatable bonds is 3. The molecule has 0 bridgehead atoms. The monoisotopic (exact) mass is 307 g/mol. The quantitative estimate of drug-likeness (QED) is 0.808. The predicted octanol–water partition coefficient (Wildman–Crippen LogP) is 1.83. The van der Waals surface area contributed by atoms with Crippen LogP contribution in [0, 0.1) is 5.92 Å². The van der Waals surface area contributed by atoms with E-state index in [1.54, 1.807) is 12.4 Å². The molecule has 0 radical (unpaired) electrons. The molecule has 6 nitrogen and oxygen atoms in total. The van der Waals surface area contributed by atoms with Gasteiger partial charge in [0.1, 0.15) is 0 Å². The van der Waals surface area contributed by atoms with Gasteiger partial charge >= 0.3 is 0 Å². The van der Waals surface area contributed by atoms with Crippen LogP contribution in [0.1, 0.15) is 12.8 Å². The number of aromatic nitrogens is 3. The van der Waals surface area contributed by atoms with Crippen LogP contribution in [0.3, 0.4) is 0 Å². The third-order valence-electron chi connectivity index (χ3n) is 3.53. The van der Waals surface area contributed by atoms with Gasteiger partial charge in [-0.25, -0.2) is 0 Å². The summed E-state index contributed by atoms with van der Waals surface area (Å²) in [7, 11) is 0. The zero-order chi connectivity index (χ0) is 13.8. The van der Waals surface area contributed by atoms with Gasteiger partial charge in [0.2, 0.25) is 5.91 Å². The van der Waals surface area contributed by atoms with Gasteiger partial charge in [0.25, 0.3) is 0 Å². The van der Waals surface area contributed by atoms with Gasteiger partial charge in [0, 0.05) is 29.9 Å². The molecule has 3 N–H and O–H groups in total. The molecule has 7 heteroatoms. The van der Waals surface area contributed by atoms with E-state index < -0.39 is 0 Å². The van der Waals surface area contributed by atoms with Gasteiger partial charge in [-0.3, -0.25) is 14.9 Å². The lowest BCUT2D eigenvalue weighted by Gasteiger charge is -2.21. The van der Waals surface area contributed by atoms with E-state index in [1.165, 1.54) is 0 Å². The SMILES string of the molecule is Cl.O=C(Nc1cc(-c2ccncc2)[nH]n1)C1CCNCC1. The summed E-state index contributed by atoms with van der Waals surface area (Å²) in [6.07, 6.45) is 5.22. The Labute approximate surface area is 129 Å². The van der Waals surface area contributed by atoms with Crippen LogP contribution in [0.5, 0.6) is 0 Å². The molecule has 0 aromatic carbocycles. The molecule has 0 unspecified atom stereocenters. The minimum absolute atomic E-state index is 0. The number of nitrogens with zero attached hydrogens (tertiary/aromatic N) is 2. The third kappa shape index (κ3) is 3.80. The van der Waals surface area contributed by atoms with Crippen LogP contribution in [-0.4, -0.2) is 34.2 Å². The number of amides is 1. The number of anilines is 1. The van der Waals surface area contributed by atoms with Crippen molar-refractivity contribution in [3.63, 3.8) is 0 Å². The van der Waals surface area contributed by atoms with E-state index in [0.717, 1.165) is 37.2 Å². The Balaban J connectivity index is 0.00000161. The normalized spacial score (nSPS) is 15.2. The molecule has 1 aliphatic heterocycles. The second kappa shape index (κ2) is 7.19. The number of carbonyl (C=O) groups excluding carboxylic acids is 1. The first-order valence-corrected chi connectivity index (χ1v) is 6.80. The van der Waals surface area contributed by atoms with E-state index >= 15 is 0 Å². The van der Waals surface area contributed by atoms with Gasteiger partial charge in [-0.15, -0.1) is 12.4 Å². The van der Waals surface area contributed by atoms with Gasteiger partial charge in [-0.2, -0.15) is 5.10 Å². The Morgan fingerprint density at radius 2 is 1.95 bits per heavy atom. The van der Waals surface area contributed by atoms with Crippen LogP contribution in [0.2, 0.25) is 0 Å². The van der Waals surface area contributed by atoms with E-state index in [2.05, 4.69) is 25.8 Å². The Hall–Kier alpha value is -1.92. The topological polar surface area (TPSA) is 82.7 Å². The standard InChI is InChI=1S/C14H17N5O.ClH/c20-14(11-3-7-16-8-4-11)17-13-9-12(18-19-13)10-1-5-15-6-2-10;/h1-2,5-6,9,11,16H,3-4,7-8H2,(H2,17,18,19,20);1H. The van der Waals surface area contributed by atoms with Crippen LogP contribution in [-0.2, 0) is 4.79 Å². The first-order valence-electron chi connectivity index (χ1n) is 6.80. The van der Waals surface area contributed by atoms with Gasteiger partial charge < -0.3 is 10.6 Å². The van der Waals surface area contributed by atoms with Crippen LogP contribution in [0.25, 0.3) is 11.3 Å². The molecule has 1 amide bonds. The lowest BCUT2D eigenvalue weighted by atomic mass is 9.97. The van der Waals surface area contributed by atoms with E-state index in [9.17, 15) is 4.79 Å². The summed E-state index contributed by atoms with van der Waals surface area (Å²) < 4.78 is 0. The minimum Gasteiger partial charge on any atom is -0.317 e. The minimum atomic E-state index is 0. The summed E-state index contributed by atoms with van der Waals surface area (Å²) >= 11 is 0. The van der Waals surface area contributed by atoms with Crippen molar-refractivity contribution in [2.45, 2.75) is 12.8 Å². The Morgan fingerprint density at radius 3 is 2.67 bits per heavy atom. The van der Waals surface area contributed by atoms with Crippen molar-refractivity contribution in [1.82, 2.24) is 20.5 Å². The van der Waals surface area contributed by atoms with Crippen molar-refractivity contribution in [2.24, 2.45) is 5.92 Å². The van der Waals surface area contributed by atoms with Crippen LogP contribution in [0.15, 0.2) is 30.6 Å². The second-order valence-corrected chi connectivity index (χ2v) is 4.92. The maximum absolute atomic E-state index is 12.1. The smallest absolute Gasteiger partial charge is 0.228 e. The van der Waals surface area contributed by atoms with Crippen molar-refractivity contribution in [2.75, 3.05) is 18.4 Å². The molecule has 1 fully saturated rings. The fraction of sp³-hybridized carbons (Fsp3) is 0.357. The number of H-pyrrole nitrogens is 1. The van der Waals surface area contributed by atoms with Crippen molar-refractivity contribution in [3.05, 3.63) is 30.6 Å². The fourth-order valence-electron chi connectivity index (χ4n) is 2.38. The number of hydrogen-bond donors (Lipinski definition) is 3. The van der Waals surface area contributed by atoms with Crippen LogP contribution >= 0.6 is 12.4 Å². The summed E-state index contributed by atoms with van der Waals surface area (Å²) in [4.78, 5) is 16.1. The number of carbonyl (C=O) groups is 1. The lowest BCUT2D eigenvalue weighted by Crippen LogP contribution is -2.34. The van der Waals surface area contributed by atoms with Gasteiger partial charge in [-0.1, -0.05) is 0 Å². The van der Waals surface area contributed by atoms with E-state index in [4.69, 9.17) is 0 Å². The lowest BCUT2D eigenvalue weighted by molar-refractivity contribution is -0.120. The van der Waals surface area contributed by atoms with Gasteiger partial charge in [0.15, 0.2) is 5.82 Å². The van der Waals surface area contributed by atoms with Crippen LogP contribution in [0.4, 0.5) is 5.82 Å². The summed E-state index contributed by atoms with van der Waals surface area (Å²) in [6, 6.07) is 5.63. The number of halogens is 1. The zero-order valence-corrected chi connectivity index (χ0v) is 12.3. The number of hydrogen-bond acceptors (Lipinski definition) is 4. The summed E-state index contributed by atoms with van der Waals surface area (Å²) in [6.45, 7) is 1.81. The first kappa shape index (κ1) is 15.5. The number of aromatic amines is 1. The molecular formula is C14H18ClN5O. The molecule has 0 atom stereocenters. The highest BCUT2D eigenvalue weighted by Crippen LogP contribution is 2.20. The average molecular weight is 308 g/mol. The predicted molar refractivity (Wildman–Crippen MR) is 83.3 cm³/mol. The molecule has 0 saturated carbocycles.